The average Bonchev–Trinajstić information content (AvgIpc) is 3.01. The highest BCUT2D eigenvalue weighted by molar-refractivity contribution is 7.08. The normalized spacial score (nSPS) is 12.1. The van der Waals surface area contributed by atoms with Crippen LogP contribution in [0, 0.1) is 5.82 Å². The standard InChI is InChI=1S/C16H14FNO3S/c1-11(16(20)18-14-5-3-13(17)4-6-14)21-15(19)7-2-12-8-9-22-10-12/h2-11H,1H3,(H,18,20)/b7-2+/t11-/m1/s1. The smallest absolute Gasteiger partial charge is 0.331 e. The second-order valence-electron chi connectivity index (χ2n) is 4.47. The Morgan fingerprint density at radius 2 is 2.00 bits per heavy atom. The number of hydrogen-bond donors (Lipinski definition) is 1. The number of amides is 1. The number of carbonyl (C=O) groups excluding carboxylic acids is 2. The van der Waals surface area contributed by atoms with Crippen molar-refractivity contribution in [2.24, 2.45) is 0 Å². The summed E-state index contributed by atoms with van der Waals surface area (Å²) in [7, 11) is 0. The van der Waals surface area contributed by atoms with Gasteiger partial charge in [0, 0.05) is 11.8 Å². The highest BCUT2D eigenvalue weighted by Gasteiger charge is 2.16. The Morgan fingerprint density at radius 3 is 2.64 bits per heavy atom. The minimum Gasteiger partial charge on any atom is -0.449 e. The highest BCUT2D eigenvalue weighted by Crippen LogP contribution is 2.10. The van der Waals surface area contributed by atoms with Crippen molar-refractivity contribution >= 4 is 35.0 Å². The van der Waals surface area contributed by atoms with Crippen LogP contribution in [0.5, 0.6) is 0 Å². The van der Waals surface area contributed by atoms with Gasteiger partial charge < -0.3 is 10.1 Å². The molecule has 0 fully saturated rings. The van der Waals surface area contributed by atoms with E-state index in [-0.39, 0.29) is 0 Å². The zero-order valence-corrected chi connectivity index (χ0v) is 12.6. The third kappa shape index (κ3) is 4.82. The fraction of sp³-hybridized carbons (Fsp3) is 0.125. The maximum Gasteiger partial charge on any atom is 0.331 e. The Labute approximate surface area is 131 Å². The van der Waals surface area contributed by atoms with E-state index in [1.54, 1.807) is 6.08 Å². The zero-order chi connectivity index (χ0) is 15.9. The lowest BCUT2D eigenvalue weighted by molar-refractivity contribution is -0.148. The molecule has 4 nitrogen and oxygen atoms in total. The van der Waals surface area contributed by atoms with Gasteiger partial charge in [-0.2, -0.15) is 11.3 Å². The van der Waals surface area contributed by atoms with Crippen molar-refractivity contribution in [3.8, 4) is 0 Å². The molecule has 1 aromatic heterocycles. The molecule has 0 bridgehead atoms. The Hall–Kier alpha value is -2.47. The van der Waals surface area contributed by atoms with Crippen LogP contribution in [0.4, 0.5) is 10.1 Å². The van der Waals surface area contributed by atoms with Gasteiger partial charge >= 0.3 is 5.97 Å². The molecule has 0 spiro atoms. The third-order valence-electron chi connectivity index (χ3n) is 2.73. The van der Waals surface area contributed by atoms with Crippen LogP contribution in [0.2, 0.25) is 0 Å². The monoisotopic (exact) mass is 319 g/mol. The van der Waals surface area contributed by atoms with Crippen LogP contribution in [0.1, 0.15) is 12.5 Å². The van der Waals surface area contributed by atoms with E-state index in [0.29, 0.717) is 5.69 Å². The summed E-state index contributed by atoms with van der Waals surface area (Å²) in [6.07, 6.45) is 1.93. The van der Waals surface area contributed by atoms with Gasteiger partial charge in [-0.25, -0.2) is 9.18 Å². The molecule has 22 heavy (non-hydrogen) atoms. The van der Waals surface area contributed by atoms with Crippen LogP contribution in [0.15, 0.2) is 47.2 Å². The summed E-state index contributed by atoms with van der Waals surface area (Å²) in [5, 5.41) is 6.31. The fourth-order valence-corrected chi connectivity index (χ4v) is 2.21. The van der Waals surface area contributed by atoms with Crippen molar-refractivity contribution in [2.75, 3.05) is 5.32 Å². The SMILES string of the molecule is C[C@@H](OC(=O)/C=C/c1ccsc1)C(=O)Nc1ccc(F)cc1. The van der Waals surface area contributed by atoms with Gasteiger partial charge in [-0.1, -0.05) is 0 Å². The molecule has 1 atom stereocenters. The lowest BCUT2D eigenvalue weighted by Gasteiger charge is -2.12. The predicted octanol–water partition coefficient (Wildman–Crippen LogP) is 3.47. The number of rotatable bonds is 5. The molecule has 1 N–H and O–H groups in total. The summed E-state index contributed by atoms with van der Waals surface area (Å²) in [5.41, 5.74) is 1.33. The van der Waals surface area contributed by atoms with E-state index in [4.69, 9.17) is 4.74 Å². The highest BCUT2D eigenvalue weighted by atomic mass is 32.1. The molecule has 1 amide bonds. The average molecular weight is 319 g/mol. The van der Waals surface area contributed by atoms with Gasteiger partial charge in [0.2, 0.25) is 0 Å². The first-order valence-electron chi connectivity index (χ1n) is 6.52. The lowest BCUT2D eigenvalue weighted by Crippen LogP contribution is -2.29. The molecular formula is C16H14FNO3S. The van der Waals surface area contributed by atoms with Crippen LogP contribution >= 0.6 is 11.3 Å². The second-order valence-corrected chi connectivity index (χ2v) is 5.25. The fourth-order valence-electron chi connectivity index (χ4n) is 1.58. The Bertz CT molecular complexity index is 665. The largest absolute Gasteiger partial charge is 0.449 e. The van der Waals surface area contributed by atoms with E-state index >= 15 is 0 Å². The molecule has 2 aromatic rings. The molecule has 0 radical (unpaired) electrons. The van der Waals surface area contributed by atoms with E-state index in [1.807, 2.05) is 16.8 Å². The summed E-state index contributed by atoms with van der Waals surface area (Å²) in [6.45, 7) is 1.47. The summed E-state index contributed by atoms with van der Waals surface area (Å²) < 4.78 is 17.8. The van der Waals surface area contributed by atoms with E-state index in [9.17, 15) is 14.0 Å². The minimum atomic E-state index is -0.954. The topological polar surface area (TPSA) is 55.4 Å². The first kappa shape index (κ1) is 15.9. The minimum absolute atomic E-state index is 0.393. The maximum atomic E-state index is 12.8. The van der Waals surface area contributed by atoms with Gasteiger partial charge in [0.15, 0.2) is 6.10 Å². The first-order valence-corrected chi connectivity index (χ1v) is 7.46. The van der Waals surface area contributed by atoms with Crippen LogP contribution in [-0.2, 0) is 14.3 Å². The predicted molar refractivity (Wildman–Crippen MR) is 83.9 cm³/mol. The number of esters is 1. The quantitative estimate of drug-likeness (QED) is 0.678. The van der Waals surface area contributed by atoms with Gasteiger partial charge in [0.25, 0.3) is 5.91 Å². The van der Waals surface area contributed by atoms with Crippen LogP contribution in [-0.4, -0.2) is 18.0 Å². The first-order chi connectivity index (χ1) is 10.5. The molecule has 114 valence electrons. The van der Waals surface area contributed by atoms with Crippen molar-refractivity contribution in [1.29, 1.82) is 0 Å². The number of nitrogens with one attached hydrogen (secondary N) is 1. The number of hydrogen-bond acceptors (Lipinski definition) is 4. The van der Waals surface area contributed by atoms with Crippen molar-refractivity contribution < 1.29 is 18.7 Å². The van der Waals surface area contributed by atoms with Crippen molar-refractivity contribution in [3.05, 3.63) is 58.5 Å². The number of thiophene rings is 1. The molecule has 0 saturated carbocycles. The Balaban J connectivity index is 1.85. The number of anilines is 1. The molecule has 0 unspecified atom stereocenters. The molecule has 0 aliphatic carbocycles. The van der Waals surface area contributed by atoms with E-state index in [1.165, 1.54) is 48.6 Å². The van der Waals surface area contributed by atoms with Gasteiger partial charge in [-0.15, -0.1) is 0 Å². The van der Waals surface area contributed by atoms with Crippen molar-refractivity contribution in [1.82, 2.24) is 0 Å². The zero-order valence-electron chi connectivity index (χ0n) is 11.8. The lowest BCUT2D eigenvalue weighted by atomic mass is 10.3. The molecule has 2 rings (SSSR count). The molecule has 0 aliphatic heterocycles. The third-order valence-corrected chi connectivity index (χ3v) is 3.43. The van der Waals surface area contributed by atoms with Gasteiger partial charge in [-0.05, 0) is 59.7 Å². The van der Waals surface area contributed by atoms with Crippen LogP contribution < -0.4 is 5.32 Å². The Kier molecular flexibility index (Phi) is 5.43. The maximum absolute atomic E-state index is 12.8. The van der Waals surface area contributed by atoms with Gasteiger partial charge in [0.1, 0.15) is 5.82 Å². The molecular weight excluding hydrogens is 305 g/mol. The summed E-state index contributed by atoms with van der Waals surface area (Å²) >= 11 is 1.52. The Morgan fingerprint density at radius 1 is 1.27 bits per heavy atom. The second kappa shape index (κ2) is 7.51. The van der Waals surface area contributed by atoms with Crippen molar-refractivity contribution in [3.63, 3.8) is 0 Å². The van der Waals surface area contributed by atoms with E-state index in [2.05, 4.69) is 5.32 Å². The molecule has 6 heteroatoms. The molecule has 1 heterocycles. The number of halogens is 1. The van der Waals surface area contributed by atoms with E-state index in [0.717, 1.165) is 5.56 Å². The summed E-state index contributed by atoms with van der Waals surface area (Å²) in [5.74, 6) is -1.48. The molecule has 0 aliphatic rings. The molecule has 1 aromatic carbocycles. The summed E-state index contributed by atoms with van der Waals surface area (Å²) in [4.78, 5) is 23.5. The number of carbonyl (C=O) groups is 2. The van der Waals surface area contributed by atoms with Crippen LogP contribution in [0.3, 0.4) is 0 Å². The molecule has 0 saturated heterocycles. The van der Waals surface area contributed by atoms with Crippen LogP contribution in [0.25, 0.3) is 6.08 Å². The summed E-state index contributed by atoms with van der Waals surface area (Å²) in [6, 6.07) is 7.18. The number of ether oxygens (including phenoxy) is 1. The van der Waals surface area contributed by atoms with Gasteiger partial charge in [0.05, 0.1) is 0 Å². The number of benzene rings is 1. The van der Waals surface area contributed by atoms with Gasteiger partial charge in [-0.3, -0.25) is 4.79 Å². The van der Waals surface area contributed by atoms with E-state index < -0.39 is 23.8 Å². The van der Waals surface area contributed by atoms with Crippen molar-refractivity contribution in [2.45, 2.75) is 13.0 Å².